The Morgan fingerprint density at radius 3 is 2.54 bits per heavy atom. The lowest BCUT2D eigenvalue weighted by molar-refractivity contribution is -0.155. The van der Waals surface area contributed by atoms with Crippen molar-refractivity contribution in [2.24, 2.45) is 11.7 Å². The Labute approximate surface area is 76.2 Å². The van der Waals surface area contributed by atoms with E-state index >= 15 is 0 Å². The zero-order chi connectivity index (χ0) is 10.2. The predicted molar refractivity (Wildman–Crippen MR) is 45.0 cm³/mol. The van der Waals surface area contributed by atoms with Crippen molar-refractivity contribution in [1.29, 1.82) is 0 Å². The molecule has 0 spiro atoms. The maximum absolute atomic E-state index is 10.7. The Morgan fingerprint density at radius 2 is 2.08 bits per heavy atom. The molecule has 0 saturated heterocycles. The number of nitrogens with two attached hydrogens (primary N) is 1. The second kappa shape index (κ2) is 3.25. The third-order valence-electron chi connectivity index (χ3n) is 2.79. The quantitative estimate of drug-likeness (QED) is 0.420. The summed E-state index contributed by atoms with van der Waals surface area (Å²) in [6.07, 6.45) is -1.69. The molecule has 0 aromatic rings. The molecule has 0 aromatic heterocycles. The number of rotatable bonds is 1. The fourth-order valence-corrected chi connectivity index (χ4v) is 1.63. The highest BCUT2D eigenvalue weighted by atomic mass is 16.4. The van der Waals surface area contributed by atoms with E-state index in [0.717, 1.165) is 0 Å². The number of aliphatic hydroxyl groups excluding tert-OH is 2. The summed E-state index contributed by atoms with van der Waals surface area (Å²) in [7, 11) is 0. The molecule has 13 heavy (non-hydrogen) atoms. The first-order chi connectivity index (χ1) is 5.88. The van der Waals surface area contributed by atoms with Crippen LogP contribution in [0.4, 0.5) is 0 Å². The van der Waals surface area contributed by atoms with Crippen molar-refractivity contribution in [3.8, 4) is 0 Å². The summed E-state index contributed by atoms with van der Waals surface area (Å²) in [6, 6.07) is 0. The van der Waals surface area contributed by atoms with Gasteiger partial charge in [-0.15, -0.1) is 0 Å². The van der Waals surface area contributed by atoms with Crippen LogP contribution in [0, 0.1) is 5.92 Å². The van der Waals surface area contributed by atoms with Crippen LogP contribution in [-0.4, -0.2) is 39.0 Å². The highest BCUT2D eigenvalue weighted by Crippen LogP contribution is 2.30. The van der Waals surface area contributed by atoms with Gasteiger partial charge in [-0.2, -0.15) is 0 Å². The van der Waals surface area contributed by atoms with Gasteiger partial charge in [0.05, 0.1) is 12.2 Å². The predicted octanol–water partition coefficient (Wildman–Crippen LogP) is -1.08. The number of carboxylic acids is 1. The normalized spacial score (nSPS) is 46.0. The summed E-state index contributed by atoms with van der Waals surface area (Å²) in [5, 5.41) is 27.7. The Morgan fingerprint density at radius 1 is 1.54 bits per heavy atom. The maximum Gasteiger partial charge on any atom is 0.326 e. The molecule has 5 N–H and O–H groups in total. The third-order valence-corrected chi connectivity index (χ3v) is 2.79. The molecule has 0 aromatic carbocycles. The van der Waals surface area contributed by atoms with Crippen LogP contribution < -0.4 is 5.73 Å². The van der Waals surface area contributed by atoms with E-state index in [1.54, 1.807) is 6.92 Å². The third kappa shape index (κ3) is 1.67. The van der Waals surface area contributed by atoms with Gasteiger partial charge in [0.25, 0.3) is 0 Å². The van der Waals surface area contributed by atoms with Gasteiger partial charge in [-0.05, 0) is 12.3 Å². The van der Waals surface area contributed by atoms with Gasteiger partial charge >= 0.3 is 5.97 Å². The van der Waals surface area contributed by atoms with Crippen LogP contribution in [0.1, 0.15) is 19.8 Å². The number of carboxylic acid groups (broad SMARTS) is 1. The SMILES string of the molecule is C[C@@H]1C[C@@H](O)[C@](N)(C(=O)O)C[C@@H]1O. The van der Waals surface area contributed by atoms with E-state index in [2.05, 4.69) is 0 Å². The van der Waals surface area contributed by atoms with Crippen LogP contribution in [0.3, 0.4) is 0 Å². The minimum atomic E-state index is -1.69. The summed E-state index contributed by atoms with van der Waals surface area (Å²) in [4.78, 5) is 10.7. The standard InChI is InChI=1S/C8H15NO4/c1-4-2-6(11)8(9,7(12)13)3-5(4)10/h4-6,10-11H,2-3,9H2,1H3,(H,12,13)/t4-,5+,6-,8+/m1/s1. The summed E-state index contributed by atoms with van der Waals surface area (Å²) in [5.74, 6) is -1.36. The largest absolute Gasteiger partial charge is 0.480 e. The summed E-state index contributed by atoms with van der Waals surface area (Å²) in [6.45, 7) is 1.76. The molecule has 5 heteroatoms. The minimum absolute atomic E-state index is 0.0926. The first-order valence-electron chi connectivity index (χ1n) is 4.26. The van der Waals surface area contributed by atoms with Gasteiger partial charge in [0, 0.05) is 6.42 Å². The number of aliphatic carboxylic acids is 1. The van der Waals surface area contributed by atoms with Crippen LogP contribution in [0.5, 0.6) is 0 Å². The summed E-state index contributed by atoms with van der Waals surface area (Å²) < 4.78 is 0. The molecule has 1 aliphatic carbocycles. The molecule has 5 nitrogen and oxygen atoms in total. The molecule has 0 unspecified atom stereocenters. The zero-order valence-electron chi connectivity index (χ0n) is 7.47. The van der Waals surface area contributed by atoms with Crippen LogP contribution in [0.15, 0.2) is 0 Å². The van der Waals surface area contributed by atoms with Crippen LogP contribution in [-0.2, 0) is 4.79 Å². The first-order valence-corrected chi connectivity index (χ1v) is 4.26. The molecule has 0 radical (unpaired) electrons. The Hall–Kier alpha value is -0.650. The molecule has 0 amide bonds. The van der Waals surface area contributed by atoms with E-state index in [4.69, 9.17) is 10.8 Å². The van der Waals surface area contributed by atoms with E-state index < -0.39 is 23.7 Å². The molecule has 1 fully saturated rings. The van der Waals surface area contributed by atoms with E-state index in [9.17, 15) is 15.0 Å². The molecular formula is C8H15NO4. The van der Waals surface area contributed by atoms with Crippen molar-refractivity contribution >= 4 is 5.97 Å². The second-order valence-corrected chi connectivity index (χ2v) is 3.85. The summed E-state index contributed by atoms with van der Waals surface area (Å²) in [5.41, 5.74) is 3.80. The van der Waals surface area contributed by atoms with Crippen molar-refractivity contribution in [3.63, 3.8) is 0 Å². The average molecular weight is 189 g/mol. The van der Waals surface area contributed by atoms with Gasteiger partial charge in [-0.3, -0.25) is 4.79 Å². The van der Waals surface area contributed by atoms with E-state index in [0.29, 0.717) is 0 Å². The summed E-state index contributed by atoms with van der Waals surface area (Å²) >= 11 is 0. The topological polar surface area (TPSA) is 104 Å². The minimum Gasteiger partial charge on any atom is -0.480 e. The number of hydrogen-bond acceptors (Lipinski definition) is 4. The van der Waals surface area contributed by atoms with Crippen LogP contribution in [0.2, 0.25) is 0 Å². The first kappa shape index (κ1) is 10.4. The van der Waals surface area contributed by atoms with Crippen molar-refractivity contribution in [3.05, 3.63) is 0 Å². The van der Waals surface area contributed by atoms with Crippen molar-refractivity contribution in [1.82, 2.24) is 0 Å². The van der Waals surface area contributed by atoms with Crippen molar-refractivity contribution < 1.29 is 20.1 Å². The van der Waals surface area contributed by atoms with E-state index in [-0.39, 0.29) is 18.8 Å². The van der Waals surface area contributed by atoms with E-state index in [1.165, 1.54) is 0 Å². The molecule has 76 valence electrons. The van der Waals surface area contributed by atoms with Crippen LogP contribution >= 0.6 is 0 Å². The number of aliphatic hydroxyl groups is 2. The lowest BCUT2D eigenvalue weighted by Gasteiger charge is -2.39. The highest BCUT2D eigenvalue weighted by Gasteiger charge is 2.48. The molecule has 0 bridgehead atoms. The lowest BCUT2D eigenvalue weighted by atomic mass is 9.74. The Balaban J connectivity index is 2.82. The second-order valence-electron chi connectivity index (χ2n) is 3.85. The molecule has 0 aliphatic heterocycles. The van der Waals surface area contributed by atoms with Crippen molar-refractivity contribution in [2.45, 2.75) is 37.5 Å². The molecule has 1 rings (SSSR count). The van der Waals surface area contributed by atoms with Gasteiger partial charge in [0.2, 0.25) is 0 Å². The number of carbonyl (C=O) groups is 1. The van der Waals surface area contributed by atoms with Gasteiger partial charge < -0.3 is 21.1 Å². The smallest absolute Gasteiger partial charge is 0.326 e. The lowest BCUT2D eigenvalue weighted by Crippen LogP contribution is -2.62. The number of hydrogen-bond donors (Lipinski definition) is 4. The molecule has 1 aliphatic rings. The van der Waals surface area contributed by atoms with E-state index in [1.807, 2.05) is 0 Å². The highest BCUT2D eigenvalue weighted by molar-refractivity contribution is 5.79. The average Bonchev–Trinajstić information content (AvgIpc) is 2.01. The molecule has 1 saturated carbocycles. The Bertz CT molecular complexity index is 220. The molecule has 4 atom stereocenters. The van der Waals surface area contributed by atoms with Crippen molar-refractivity contribution in [2.75, 3.05) is 0 Å². The zero-order valence-corrected chi connectivity index (χ0v) is 7.47. The fraction of sp³-hybridized carbons (Fsp3) is 0.875. The van der Waals surface area contributed by atoms with Gasteiger partial charge in [-0.1, -0.05) is 6.92 Å². The maximum atomic E-state index is 10.7. The molecule has 0 heterocycles. The Kier molecular flexibility index (Phi) is 2.61. The van der Waals surface area contributed by atoms with Gasteiger partial charge in [-0.25, -0.2) is 0 Å². The monoisotopic (exact) mass is 189 g/mol. The van der Waals surface area contributed by atoms with Gasteiger partial charge in [0.1, 0.15) is 5.54 Å². The van der Waals surface area contributed by atoms with Crippen LogP contribution in [0.25, 0.3) is 0 Å². The fourth-order valence-electron chi connectivity index (χ4n) is 1.63. The van der Waals surface area contributed by atoms with Gasteiger partial charge in [0.15, 0.2) is 0 Å². The molecular weight excluding hydrogens is 174 g/mol.